The maximum Gasteiger partial charge on any atom is 0.0378 e. The molecule has 1 atom stereocenters. The third-order valence-electron chi connectivity index (χ3n) is 4.11. The smallest absolute Gasteiger partial charge is 0.0378 e. The minimum absolute atomic E-state index is 0.586. The maximum atomic E-state index is 5.70. The Morgan fingerprint density at radius 1 is 1.37 bits per heavy atom. The van der Waals surface area contributed by atoms with Crippen molar-refractivity contribution in [2.24, 2.45) is 5.73 Å². The largest absolute Gasteiger partial charge is 0.370 e. The molecule has 0 radical (unpaired) electrons. The van der Waals surface area contributed by atoms with Crippen LogP contribution in [0.4, 0.5) is 5.69 Å². The van der Waals surface area contributed by atoms with Crippen molar-refractivity contribution >= 4 is 21.6 Å². The summed E-state index contributed by atoms with van der Waals surface area (Å²) in [6, 6.07) is 7.22. The Hall–Kier alpha value is -0.580. The summed E-state index contributed by atoms with van der Waals surface area (Å²) in [4.78, 5) is 5.04. The van der Waals surface area contributed by atoms with Gasteiger partial charge in [-0.1, -0.05) is 35.8 Å². The van der Waals surface area contributed by atoms with E-state index in [-0.39, 0.29) is 0 Å². The highest BCUT2D eigenvalue weighted by atomic mass is 79.9. The maximum absolute atomic E-state index is 5.70. The number of hydrogen-bond acceptors (Lipinski definition) is 3. The van der Waals surface area contributed by atoms with Crippen LogP contribution in [-0.4, -0.2) is 37.1 Å². The van der Waals surface area contributed by atoms with E-state index in [1.165, 1.54) is 17.7 Å². The summed E-state index contributed by atoms with van der Waals surface area (Å²) < 4.78 is 1.12. The van der Waals surface area contributed by atoms with Crippen LogP contribution in [0.2, 0.25) is 0 Å². The van der Waals surface area contributed by atoms with Crippen molar-refractivity contribution in [1.82, 2.24) is 4.90 Å². The number of nitrogens with two attached hydrogens (primary N) is 1. The Labute approximate surface area is 124 Å². The molecule has 1 aromatic carbocycles. The van der Waals surface area contributed by atoms with Crippen molar-refractivity contribution < 1.29 is 0 Å². The summed E-state index contributed by atoms with van der Waals surface area (Å²) in [5.74, 6) is 0. The number of halogens is 1. The molecule has 0 amide bonds. The summed E-state index contributed by atoms with van der Waals surface area (Å²) in [5.41, 5.74) is 8.18. The highest BCUT2D eigenvalue weighted by Gasteiger charge is 2.26. The minimum atomic E-state index is 0.586. The third kappa shape index (κ3) is 3.30. The van der Waals surface area contributed by atoms with Crippen LogP contribution in [0.25, 0.3) is 0 Å². The summed E-state index contributed by atoms with van der Waals surface area (Å²) in [5, 5.41) is 0. The van der Waals surface area contributed by atoms with Crippen LogP contribution in [0.3, 0.4) is 0 Å². The normalized spacial score (nSPS) is 19.4. The second kappa shape index (κ2) is 6.73. The molecule has 0 aromatic heterocycles. The lowest BCUT2D eigenvalue weighted by Crippen LogP contribution is -2.37. The molecule has 0 saturated carbocycles. The van der Waals surface area contributed by atoms with Gasteiger partial charge in [0, 0.05) is 35.8 Å². The first-order valence-electron chi connectivity index (χ1n) is 7.17. The van der Waals surface area contributed by atoms with Crippen LogP contribution in [0, 0.1) is 0 Å². The van der Waals surface area contributed by atoms with Crippen LogP contribution < -0.4 is 10.6 Å². The van der Waals surface area contributed by atoms with E-state index in [1.807, 2.05) is 0 Å². The van der Waals surface area contributed by atoms with Gasteiger partial charge in [0.1, 0.15) is 0 Å². The molecule has 1 unspecified atom stereocenters. The van der Waals surface area contributed by atoms with Crippen molar-refractivity contribution in [3.05, 3.63) is 28.2 Å². The van der Waals surface area contributed by atoms with Crippen LogP contribution in [0.5, 0.6) is 0 Å². The van der Waals surface area contributed by atoms with Gasteiger partial charge in [-0.05, 0) is 37.2 Å². The highest BCUT2D eigenvalue weighted by Crippen LogP contribution is 2.27. The molecule has 3 nitrogen and oxygen atoms in total. The van der Waals surface area contributed by atoms with Crippen LogP contribution in [0.15, 0.2) is 22.7 Å². The van der Waals surface area contributed by atoms with Crippen molar-refractivity contribution in [2.45, 2.75) is 32.9 Å². The Bertz CT molecular complexity index is 418. The first-order valence-corrected chi connectivity index (χ1v) is 7.96. The molecule has 2 N–H and O–H groups in total. The van der Waals surface area contributed by atoms with Crippen LogP contribution in [0.1, 0.15) is 25.8 Å². The monoisotopic (exact) mass is 325 g/mol. The van der Waals surface area contributed by atoms with Gasteiger partial charge < -0.3 is 10.6 Å². The van der Waals surface area contributed by atoms with Gasteiger partial charge in [-0.25, -0.2) is 0 Å². The van der Waals surface area contributed by atoms with Gasteiger partial charge >= 0.3 is 0 Å². The van der Waals surface area contributed by atoms with Gasteiger partial charge in [-0.2, -0.15) is 0 Å². The lowest BCUT2D eigenvalue weighted by molar-refractivity contribution is 0.232. The number of anilines is 1. The second-order valence-electron chi connectivity index (χ2n) is 5.09. The molecule has 1 aliphatic rings. The Balaban J connectivity index is 2.06. The van der Waals surface area contributed by atoms with E-state index < -0.39 is 0 Å². The lowest BCUT2D eigenvalue weighted by atomic mass is 10.2. The van der Waals surface area contributed by atoms with E-state index in [9.17, 15) is 0 Å². The Morgan fingerprint density at radius 2 is 2.11 bits per heavy atom. The quantitative estimate of drug-likeness (QED) is 0.903. The van der Waals surface area contributed by atoms with Crippen LogP contribution in [-0.2, 0) is 6.54 Å². The van der Waals surface area contributed by atoms with Gasteiger partial charge in [0.2, 0.25) is 0 Å². The van der Waals surface area contributed by atoms with E-state index >= 15 is 0 Å². The number of rotatable bonds is 5. The molecule has 1 saturated heterocycles. The zero-order chi connectivity index (χ0) is 13.8. The lowest BCUT2D eigenvalue weighted by Gasteiger charge is -2.26. The molecule has 0 spiro atoms. The summed E-state index contributed by atoms with van der Waals surface area (Å²) in [6.07, 6.45) is 1.26. The fourth-order valence-corrected chi connectivity index (χ4v) is 3.44. The number of benzene rings is 1. The standard InChI is InChI=1S/C15H24BrN3/c1-3-18(4-2)14-7-8-19(11-14)13-6-5-12(10-17)15(16)9-13/h5-6,9,14H,3-4,7-8,10-11,17H2,1-2H3. The Kier molecular flexibility index (Phi) is 5.25. The third-order valence-corrected chi connectivity index (χ3v) is 4.85. The van der Waals surface area contributed by atoms with Gasteiger partial charge in [-0.3, -0.25) is 4.90 Å². The molecule has 4 heteroatoms. The SMILES string of the molecule is CCN(CC)C1CCN(c2ccc(CN)c(Br)c2)C1. The molecule has 0 aliphatic carbocycles. The first kappa shape index (κ1) is 14.8. The first-order chi connectivity index (χ1) is 9.19. The Morgan fingerprint density at radius 3 is 2.68 bits per heavy atom. The van der Waals surface area contributed by atoms with Crippen molar-refractivity contribution in [3.8, 4) is 0 Å². The van der Waals surface area contributed by atoms with Crippen molar-refractivity contribution in [1.29, 1.82) is 0 Å². The number of hydrogen-bond donors (Lipinski definition) is 1. The highest BCUT2D eigenvalue weighted by molar-refractivity contribution is 9.10. The molecule has 1 aliphatic heterocycles. The molecule has 0 bridgehead atoms. The van der Waals surface area contributed by atoms with Gasteiger partial charge in [-0.15, -0.1) is 0 Å². The fourth-order valence-electron chi connectivity index (χ4n) is 2.91. The second-order valence-corrected chi connectivity index (χ2v) is 5.94. The van der Waals surface area contributed by atoms with E-state index in [2.05, 4.69) is 57.8 Å². The van der Waals surface area contributed by atoms with Crippen molar-refractivity contribution in [2.75, 3.05) is 31.1 Å². The summed E-state index contributed by atoms with van der Waals surface area (Å²) in [6.45, 7) is 9.65. The molecule has 106 valence electrons. The van der Waals surface area contributed by atoms with E-state index in [0.29, 0.717) is 12.6 Å². The molecular weight excluding hydrogens is 302 g/mol. The molecular formula is C15H24BrN3. The molecule has 1 aromatic rings. The van der Waals surface area contributed by atoms with Crippen molar-refractivity contribution in [3.63, 3.8) is 0 Å². The predicted molar refractivity (Wildman–Crippen MR) is 85.6 cm³/mol. The van der Waals surface area contributed by atoms with E-state index in [4.69, 9.17) is 5.73 Å². The van der Waals surface area contributed by atoms with Crippen LogP contribution >= 0.6 is 15.9 Å². The zero-order valence-corrected chi connectivity index (χ0v) is 13.5. The average molecular weight is 326 g/mol. The fraction of sp³-hybridized carbons (Fsp3) is 0.600. The number of likely N-dealkylation sites (N-methyl/N-ethyl adjacent to an activating group) is 1. The number of nitrogens with zero attached hydrogens (tertiary/aromatic N) is 2. The van der Waals surface area contributed by atoms with E-state index in [1.54, 1.807) is 0 Å². The summed E-state index contributed by atoms with van der Waals surface area (Å²) in [7, 11) is 0. The molecule has 1 fully saturated rings. The van der Waals surface area contributed by atoms with Gasteiger partial charge in [0.05, 0.1) is 0 Å². The van der Waals surface area contributed by atoms with E-state index in [0.717, 1.165) is 30.7 Å². The predicted octanol–water partition coefficient (Wildman–Crippen LogP) is 2.83. The average Bonchev–Trinajstić information content (AvgIpc) is 2.90. The topological polar surface area (TPSA) is 32.5 Å². The molecule has 1 heterocycles. The molecule has 2 rings (SSSR count). The minimum Gasteiger partial charge on any atom is -0.370 e. The van der Waals surface area contributed by atoms with Gasteiger partial charge in [0.25, 0.3) is 0 Å². The van der Waals surface area contributed by atoms with Gasteiger partial charge in [0.15, 0.2) is 0 Å². The summed E-state index contributed by atoms with van der Waals surface area (Å²) >= 11 is 3.61. The molecule has 19 heavy (non-hydrogen) atoms. The zero-order valence-electron chi connectivity index (χ0n) is 11.9.